The van der Waals surface area contributed by atoms with Gasteiger partial charge in [0, 0.05) is 25.0 Å². The lowest BCUT2D eigenvalue weighted by Gasteiger charge is -2.24. The Morgan fingerprint density at radius 2 is 2.00 bits per heavy atom. The van der Waals surface area contributed by atoms with E-state index in [1.807, 2.05) is 26.8 Å². The van der Waals surface area contributed by atoms with Gasteiger partial charge in [0.1, 0.15) is 5.82 Å². The number of rotatable bonds is 7. The van der Waals surface area contributed by atoms with E-state index in [4.69, 9.17) is 0 Å². The maximum atomic E-state index is 13.5. The van der Waals surface area contributed by atoms with Crippen molar-refractivity contribution in [3.8, 4) is 0 Å². The highest BCUT2D eigenvalue weighted by atomic mass is 19.4. The quantitative estimate of drug-likeness (QED) is 0.416. The summed E-state index contributed by atoms with van der Waals surface area (Å²) >= 11 is 0. The Bertz CT molecular complexity index is 658. The summed E-state index contributed by atoms with van der Waals surface area (Å²) in [5.74, 6) is 0.507. The van der Waals surface area contributed by atoms with Crippen molar-refractivity contribution in [3.05, 3.63) is 35.6 Å². The van der Waals surface area contributed by atoms with Gasteiger partial charge in [-0.2, -0.15) is 13.2 Å². The molecule has 1 heterocycles. The van der Waals surface area contributed by atoms with Gasteiger partial charge in [-0.15, -0.1) is 0 Å². The number of halogens is 4. The molecule has 1 aliphatic heterocycles. The molecule has 1 saturated heterocycles. The molecule has 0 radical (unpaired) electrons. The molecule has 0 aliphatic carbocycles. The molecule has 158 valence electrons. The topological polar surface area (TPSA) is 39.7 Å². The van der Waals surface area contributed by atoms with E-state index in [9.17, 15) is 17.6 Å². The minimum absolute atomic E-state index is 0.155. The van der Waals surface area contributed by atoms with Crippen LogP contribution >= 0.6 is 0 Å². The van der Waals surface area contributed by atoms with Crippen LogP contribution < -0.4 is 10.6 Å². The van der Waals surface area contributed by atoms with Crippen LogP contribution in [0.3, 0.4) is 0 Å². The van der Waals surface area contributed by atoms with Crippen molar-refractivity contribution in [2.75, 3.05) is 39.3 Å². The summed E-state index contributed by atoms with van der Waals surface area (Å²) in [4.78, 5) is 6.06. The second kappa shape index (κ2) is 9.58. The van der Waals surface area contributed by atoms with Crippen LogP contribution in [0, 0.1) is 11.7 Å². The number of hydrogen-bond acceptors (Lipinski definition) is 2. The fourth-order valence-corrected chi connectivity index (χ4v) is 3.34. The van der Waals surface area contributed by atoms with Crippen LogP contribution in [-0.4, -0.2) is 56.3 Å². The third kappa shape index (κ3) is 7.30. The van der Waals surface area contributed by atoms with E-state index < -0.39 is 12.7 Å². The highest BCUT2D eigenvalue weighted by Crippen LogP contribution is 2.24. The van der Waals surface area contributed by atoms with Gasteiger partial charge in [-0.3, -0.25) is 9.89 Å². The molecule has 1 fully saturated rings. The molecule has 1 aromatic rings. The molecule has 0 spiro atoms. The largest absolute Gasteiger partial charge is 0.401 e. The van der Waals surface area contributed by atoms with Crippen LogP contribution in [-0.2, 0) is 5.41 Å². The Morgan fingerprint density at radius 3 is 2.64 bits per heavy atom. The zero-order chi connectivity index (χ0) is 20.8. The van der Waals surface area contributed by atoms with Crippen molar-refractivity contribution in [3.63, 3.8) is 0 Å². The minimum atomic E-state index is -4.15. The van der Waals surface area contributed by atoms with Crippen molar-refractivity contribution in [2.45, 2.75) is 38.8 Å². The van der Waals surface area contributed by atoms with Crippen molar-refractivity contribution in [2.24, 2.45) is 10.9 Å². The van der Waals surface area contributed by atoms with Crippen LogP contribution in [0.25, 0.3) is 0 Å². The van der Waals surface area contributed by atoms with E-state index in [1.54, 1.807) is 6.07 Å². The molecular weight excluding hydrogens is 372 g/mol. The highest BCUT2D eigenvalue weighted by molar-refractivity contribution is 5.79. The van der Waals surface area contributed by atoms with Gasteiger partial charge in [-0.1, -0.05) is 26.0 Å². The van der Waals surface area contributed by atoms with Gasteiger partial charge in [-0.05, 0) is 43.5 Å². The van der Waals surface area contributed by atoms with E-state index in [1.165, 1.54) is 17.0 Å². The first kappa shape index (κ1) is 22.5. The van der Waals surface area contributed by atoms with Crippen molar-refractivity contribution in [1.29, 1.82) is 0 Å². The highest BCUT2D eigenvalue weighted by Gasteiger charge is 2.34. The van der Waals surface area contributed by atoms with Crippen LogP contribution in [0.2, 0.25) is 0 Å². The first-order valence-electron chi connectivity index (χ1n) is 9.66. The molecule has 1 unspecified atom stereocenters. The molecular formula is C20H30F4N4. The maximum Gasteiger partial charge on any atom is 0.401 e. The number of benzene rings is 1. The summed E-state index contributed by atoms with van der Waals surface area (Å²) in [5, 5.41) is 6.40. The number of nitrogens with one attached hydrogen (secondary N) is 2. The fourth-order valence-electron chi connectivity index (χ4n) is 3.34. The molecule has 0 saturated carbocycles. The summed E-state index contributed by atoms with van der Waals surface area (Å²) in [6, 6.07) is 6.50. The minimum Gasteiger partial charge on any atom is -0.357 e. The number of likely N-dealkylation sites (tertiary alicyclic amines) is 1. The van der Waals surface area contributed by atoms with Crippen LogP contribution in [0.4, 0.5) is 17.6 Å². The third-order valence-electron chi connectivity index (χ3n) is 4.91. The van der Waals surface area contributed by atoms with Gasteiger partial charge in [0.15, 0.2) is 5.96 Å². The SMILES string of the molecule is CCNC(=NCC(C)(C)c1cccc(F)c1)NCC1CCN(CC(F)(F)F)C1. The molecule has 8 heteroatoms. The molecule has 0 aromatic heterocycles. The van der Waals surface area contributed by atoms with Crippen LogP contribution in [0.5, 0.6) is 0 Å². The van der Waals surface area contributed by atoms with Crippen LogP contribution in [0.1, 0.15) is 32.8 Å². The van der Waals surface area contributed by atoms with Crippen molar-refractivity contribution in [1.82, 2.24) is 15.5 Å². The van der Waals surface area contributed by atoms with Gasteiger partial charge in [0.05, 0.1) is 13.1 Å². The second-order valence-electron chi connectivity index (χ2n) is 7.98. The van der Waals surface area contributed by atoms with E-state index in [-0.39, 0.29) is 17.2 Å². The summed E-state index contributed by atoms with van der Waals surface area (Å²) in [7, 11) is 0. The molecule has 1 atom stereocenters. The molecule has 1 aromatic carbocycles. The molecule has 4 nitrogen and oxygen atoms in total. The molecule has 2 N–H and O–H groups in total. The van der Waals surface area contributed by atoms with E-state index in [0.29, 0.717) is 38.7 Å². The number of hydrogen-bond donors (Lipinski definition) is 2. The van der Waals surface area contributed by atoms with Gasteiger partial charge in [-0.25, -0.2) is 4.39 Å². The third-order valence-corrected chi connectivity index (χ3v) is 4.91. The number of alkyl halides is 3. The zero-order valence-electron chi connectivity index (χ0n) is 16.7. The Balaban J connectivity index is 1.90. The molecule has 28 heavy (non-hydrogen) atoms. The first-order chi connectivity index (χ1) is 13.1. The second-order valence-corrected chi connectivity index (χ2v) is 7.98. The summed E-state index contributed by atoms with van der Waals surface area (Å²) in [6.07, 6.45) is -3.42. The predicted molar refractivity (Wildman–Crippen MR) is 104 cm³/mol. The summed E-state index contributed by atoms with van der Waals surface area (Å²) < 4.78 is 51.1. The number of nitrogens with zero attached hydrogens (tertiary/aromatic N) is 2. The van der Waals surface area contributed by atoms with E-state index >= 15 is 0 Å². The van der Waals surface area contributed by atoms with Crippen molar-refractivity contribution >= 4 is 5.96 Å². The maximum absolute atomic E-state index is 13.5. The van der Waals surface area contributed by atoms with Gasteiger partial charge < -0.3 is 10.6 Å². The smallest absolute Gasteiger partial charge is 0.357 e. The lowest BCUT2D eigenvalue weighted by Crippen LogP contribution is -2.41. The van der Waals surface area contributed by atoms with Crippen LogP contribution in [0.15, 0.2) is 29.3 Å². The Kier molecular flexibility index (Phi) is 7.69. The monoisotopic (exact) mass is 402 g/mol. The fraction of sp³-hybridized carbons (Fsp3) is 0.650. The standard InChI is InChI=1S/C20H30F4N4/c1-4-25-18(26-11-15-8-9-28(12-15)14-20(22,23)24)27-13-19(2,3)16-6-5-7-17(21)10-16/h5-7,10,15H,4,8-9,11-14H2,1-3H3,(H2,25,26,27). The average molecular weight is 402 g/mol. The van der Waals surface area contributed by atoms with E-state index in [2.05, 4.69) is 15.6 Å². The normalized spacial score (nSPS) is 19.1. The number of guanidine groups is 1. The summed E-state index contributed by atoms with van der Waals surface area (Å²) in [6.45, 7) is 7.71. The summed E-state index contributed by atoms with van der Waals surface area (Å²) in [5.41, 5.74) is 0.520. The first-order valence-corrected chi connectivity index (χ1v) is 9.66. The molecule has 1 aliphatic rings. The zero-order valence-corrected chi connectivity index (χ0v) is 16.7. The van der Waals surface area contributed by atoms with E-state index in [0.717, 1.165) is 12.0 Å². The van der Waals surface area contributed by atoms with Crippen molar-refractivity contribution < 1.29 is 17.6 Å². The molecule has 2 rings (SSSR count). The predicted octanol–water partition coefficient (Wildman–Crippen LogP) is 3.54. The molecule has 0 bridgehead atoms. The van der Waals surface area contributed by atoms with Gasteiger partial charge in [0.2, 0.25) is 0 Å². The molecule has 0 amide bonds. The average Bonchev–Trinajstić information content (AvgIpc) is 3.03. The Hall–Kier alpha value is -1.83. The van der Waals surface area contributed by atoms with Gasteiger partial charge in [0.25, 0.3) is 0 Å². The Morgan fingerprint density at radius 1 is 1.25 bits per heavy atom. The number of aliphatic imine (C=N–C) groups is 1. The van der Waals surface area contributed by atoms with Gasteiger partial charge >= 0.3 is 6.18 Å². The lowest BCUT2D eigenvalue weighted by atomic mass is 9.85. The lowest BCUT2D eigenvalue weighted by molar-refractivity contribution is -0.143. The Labute approximate surface area is 164 Å².